The van der Waals surface area contributed by atoms with Crippen molar-refractivity contribution >= 4 is 35.3 Å². The normalized spacial score (nSPS) is 10.5. The zero-order valence-electron chi connectivity index (χ0n) is 20.9. The van der Waals surface area contributed by atoms with E-state index in [0.29, 0.717) is 17.5 Å². The minimum atomic E-state index is -0.649. The van der Waals surface area contributed by atoms with Crippen molar-refractivity contribution in [2.45, 2.75) is 31.7 Å². The van der Waals surface area contributed by atoms with E-state index in [0.717, 1.165) is 12.2 Å². The van der Waals surface area contributed by atoms with E-state index in [1.165, 1.54) is 49.7 Å². The first-order valence-electron chi connectivity index (χ1n) is 11.4. The van der Waals surface area contributed by atoms with Gasteiger partial charge in [0.1, 0.15) is 12.4 Å². The highest BCUT2D eigenvalue weighted by Gasteiger charge is 2.17. The van der Waals surface area contributed by atoms with Crippen LogP contribution < -0.4 is 10.1 Å². The number of rotatable bonds is 12. The van der Waals surface area contributed by atoms with Crippen LogP contribution in [0.1, 0.15) is 39.0 Å². The molecule has 3 aromatic rings. The molecular weight excluding hydrogens is 496 g/mol. The Morgan fingerprint density at radius 3 is 2.24 bits per heavy atom. The Morgan fingerprint density at radius 2 is 1.68 bits per heavy atom. The van der Waals surface area contributed by atoms with Gasteiger partial charge in [-0.1, -0.05) is 36.9 Å². The topological polar surface area (TPSA) is 122 Å². The van der Waals surface area contributed by atoms with Crippen molar-refractivity contribution in [3.05, 3.63) is 77.6 Å². The highest BCUT2D eigenvalue weighted by molar-refractivity contribution is 7.99. The molecule has 37 heavy (non-hydrogen) atoms. The van der Waals surface area contributed by atoms with Gasteiger partial charge in [0, 0.05) is 12.2 Å². The molecule has 1 aromatic heterocycles. The summed E-state index contributed by atoms with van der Waals surface area (Å²) in [6, 6.07) is 12.0. The second-order valence-electron chi connectivity index (χ2n) is 7.70. The maximum Gasteiger partial charge on any atom is 0.337 e. The van der Waals surface area contributed by atoms with E-state index < -0.39 is 11.9 Å². The fourth-order valence-corrected chi connectivity index (χ4v) is 4.08. The lowest BCUT2D eigenvalue weighted by Gasteiger charge is -2.11. The van der Waals surface area contributed by atoms with E-state index >= 15 is 0 Å². The van der Waals surface area contributed by atoms with Crippen LogP contribution >= 0.6 is 11.8 Å². The van der Waals surface area contributed by atoms with Gasteiger partial charge >= 0.3 is 11.9 Å². The molecule has 0 radical (unpaired) electrons. The molecule has 194 valence electrons. The number of aromatic nitrogens is 3. The summed E-state index contributed by atoms with van der Waals surface area (Å²) in [5.74, 6) is -0.349. The van der Waals surface area contributed by atoms with Gasteiger partial charge in [-0.3, -0.25) is 9.36 Å². The Balaban J connectivity index is 1.67. The van der Waals surface area contributed by atoms with Crippen molar-refractivity contribution in [1.29, 1.82) is 0 Å². The monoisotopic (exact) mass is 524 g/mol. The maximum atomic E-state index is 12.7. The highest BCUT2D eigenvalue weighted by Crippen LogP contribution is 2.21. The number of carbonyl (C=O) groups excluding carboxylic acids is 3. The van der Waals surface area contributed by atoms with Crippen molar-refractivity contribution in [2.75, 3.05) is 25.3 Å². The largest absolute Gasteiger partial charge is 0.486 e. The quantitative estimate of drug-likeness (QED) is 0.213. The number of nitrogens with zero attached hydrogens (tertiary/aromatic N) is 3. The summed E-state index contributed by atoms with van der Waals surface area (Å²) in [4.78, 5) is 36.6. The predicted octanol–water partition coefficient (Wildman–Crippen LogP) is 3.91. The van der Waals surface area contributed by atoms with Crippen LogP contribution in [-0.4, -0.2) is 52.6 Å². The van der Waals surface area contributed by atoms with Gasteiger partial charge in [0.05, 0.1) is 31.1 Å². The summed E-state index contributed by atoms with van der Waals surface area (Å²) >= 11 is 1.18. The molecule has 0 saturated heterocycles. The number of thioether (sulfide) groups is 1. The third-order valence-electron chi connectivity index (χ3n) is 5.20. The summed E-state index contributed by atoms with van der Waals surface area (Å²) < 4.78 is 17.1. The summed E-state index contributed by atoms with van der Waals surface area (Å²) in [6.07, 6.45) is 2.66. The minimum absolute atomic E-state index is 0.00459. The first-order chi connectivity index (χ1) is 17.9. The van der Waals surface area contributed by atoms with Crippen LogP contribution in [0, 0.1) is 0 Å². The number of aryl methyl sites for hydroxylation is 1. The minimum Gasteiger partial charge on any atom is -0.486 e. The molecule has 0 unspecified atom stereocenters. The van der Waals surface area contributed by atoms with Crippen molar-refractivity contribution in [3.8, 4) is 5.75 Å². The molecule has 0 bridgehead atoms. The van der Waals surface area contributed by atoms with Crippen LogP contribution in [0.15, 0.2) is 60.3 Å². The smallest absolute Gasteiger partial charge is 0.337 e. The van der Waals surface area contributed by atoms with Crippen molar-refractivity contribution in [3.63, 3.8) is 0 Å². The molecule has 0 aliphatic carbocycles. The molecule has 2 aromatic carbocycles. The number of esters is 2. The molecule has 0 spiro atoms. The predicted molar refractivity (Wildman–Crippen MR) is 139 cm³/mol. The zero-order chi connectivity index (χ0) is 26.8. The van der Waals surface area contributed by atoms with Gasteiger partial charge in [0.2, 0.25) is 5.91 Å². The van der Waals surface area contributed by atoms with E-state index in [-0.39, 0.29) is 35.1 Å². The molecule has 0 atom stereocenters. The van der Waals surface area contributed by atoms with Crippen molar-refractivity contribution in [1.82, 2.24) is 14.8 Å². The first kappa shape index (κ1) is 27.5. The van der Waals surface area contributed by atoms with Crippen molar-refractivity contribution in [2.24, 2.45) is 0 Å². The van der Waals surface area contributed by atoms with Gasteiger partial charge in [-0.25, -0.2) is 9.59 Å². The fourth-order valence-electron chi connectivity index (χ4n) is 3.31. The van der Waals surface area contributed by atoms with Crippen LogP contribution in [0.5, 0.6) is 5.75 Å². The van der Waals surface area contributed by atoms with Crippen LogP contribution in [0.4, 0.5) is 5.69 Å². The number of hydrogen-bond acceptors (Lipinski definition) is 9. The van der Waals surface area contributed by atoms with E-state index in [2.05, 4.69) is 29.0 Å². The molecule has 1 amide bonds. The van der Waals surface area contributed by atoms with Crippen molar-refractivity contribution < 1.29 is 28.6 Å². The molecule has 1 heterocycles. The van der Waals surface area contributed by atoms with E-state index in [1.807, 2.05) is 28.8 Å². The Kier molecular flexibility index (Phi) is 9.84. The molecule has 11 heteroatoms. The maximum absolute atomic E-state index is 12.7. The molecule has 1 N–H and O–H groups in total. The number of hydrogen-bond donors (Lipinski definition) is 1. The summed E-state index contributed by atoms with van der Waals surface area (Å²) in [6.45, 7) is 6.52. The molecule has 0 aliphatic rings. The fraction of sp³-hybridized carbons (Fsp3) is 0.269. The average molecular weight is 525 g/mol. The molecule has 0 aliphatic heterocycles. The Labute approximate surface area is 219 Å². The van der Waals surface area contributed by atoms with Gasteiger partial charge in [0.15, 0.2) is 11.0 Å². The van der Waals surface area contributed by atoms with Crippen LogP contribution in [0.25, 0.3) is 0 Å². The van der Waals surface area contributed by atoms with Gasteiger partial charge in [0.25, 0.3) is 0 Å². The van der Waals surface area contributed by atoms with Crippen LogP contribution in [0.3, 0.4) is 0 Å². The van der Waals surface area contributed by atoms with Gasteiger partial charge in [-0.15, -0.1) is 16.8 Å². The lowest BCUT2D eigenvalue weighted by Crippen LogP contribution is -2.16. The summed E-state index contributed by atoms with van der Waals surface area (Å²) in [5.41, 5.74) is 1.68. The highest BCUT2D eigenvalue weighted by atomic mass is 32.2. The Bertz CT molecular complexity index is 1240. The van der Waals surface area contributed by atoms with Gasteiger partial charge in [-0.05, 0) is 42.3 Å². The third-order valence-corrected chi connectivity index (χ3v) is 6.16. The number of allylic oxidation sites excluding steroid dienone is 1. The summed E-state index contributed by atoms with van der Waals surface area (Å²) in [7, 11) is 2.45. The summed E-state index contributed by atoms with van der Waals surface area (Å²) in [5, 5.41) is 11.6. The second kappa shape index (κ2) is 13.3. The van der Waals surface area contributed by atoms with Crippen LogP contribution in [0.2, 0.25) is 0 Å². The third kappa shape index (κ3) is 7.43. The lowest BCUT2D eigenvalue weighted by atomic mass is 10.1. The lowest BCUT2D eigenvalue weighted by molar-refractivity contribution is -0.113. The first-order valence-corrected chi connectivity index (χ1v) is 12.4. The number of ether oxygens (including phenoxy) is 3. The number of anilines is 1. The molecule has 0 fully saturated rings. The number of amides is 1. The van der Waals surface area contributed by atoms with Gasteiger partial charge < -0.3 is 19.5 Å². The molecular formula is C26H28N4O6S. The average Bonchev–Trinajstić information content (AvgIpc) is 3.31. The number of benzene rings is 2. The number of carbonyl (C=O) groups is 3. The Hall–Kier alpha value is -4.12. The van der Waals surface area contributed by atoms with E-state index in [4.69, 9.17) is 14.2 Å². The number of methoxy groups -OCH3 is 2. The molecule has 0 saturated carbocycles. The van der Waals surface area contributed by atoms with Crippen LogP contribution in [-0.2, 0) is 33.8 Å². The zero-order valence-corrected chi connectivity index (χ0v) is 21.7. The molecule has 10 nitrogen and oxygen atoms in total. The standard InChI is InChI=1S/C26H28N4O6S/c1-5-11-30-22(15-36-21-9-7-17(6-2)8-10-21)28-29-26(30)37-16-23(31)27-20-13-18(24(32)34-3)12-19(14-20)25(33)35-4/h5,7-10,12-14H,1,6,11,15-16H2,2-4H3,(H,27,31). The van der Waals surface area contributed by atoms with E-state index in [1.54, 1.807) is 6.08 Å². The SMILES string of the molecule is C=CCn1c(COc2ccc(CC)cc2)nnc1SCC(=O)Nc1cc(C(=O)OC)cc(C(=O)OC)c1. The van der Waals surface area contributed by atoms with Gasteiger partial charge in [-0.2, -0.15) is 0 Å². The number of nitrogens with one attached hydrogen (secondary N) is 1. The molecule has 3 rings (SSSR count). The second-order valence-corrected chi connectivity index (χ2v) is 8.65. The van der Waals surface area contributed by atoms with E-state index in [9.17, 15) is 14.4 Å². The Morgan fingerprint density at radius 1 is 1.03 bits per heavy atom.